The van der Waals surface area contributed by atoms with Crippen molar-refractivity contribution < 1.29 is 4.79 Å². The fourth-order valence-corrected chi connectivity index (χ4v) is 2.68. The van der Waals surface area contributed by atoms with Gasteiger partial charge in [0.25, 0.3) is 0 Å². The number of carbonyl (C=O) groups excluding carboxylic acids is 1. The normalized spacial score (nSPS) is 25.2. The van der Waals surface area contributed by atoms with E-state index in [0.29, 0.717) is 0 Å². The van der Waals surface area contributed by atoms with Gasteiger partial charge in [-0.05, 0) is 18.9 Å². The molecule has 1 aliphatic heterocycles. The van der Waals surface area contributed by atoms with Crippen molar-refractivity contribution in [2.24, 2.45) is 0 Å². The zero-order valence-corrected chi connectivity index (χ0v) is 9.27. The summed E-state index contributed by atoms with van der Waals surface area (Å²) in [7, 11) is 0. The van der Waals surface area contributed by atoms with Gasteiger partial charge in [0, 0.05) is 38.4 Å². The molecule has 1 aliphatic carbocycles. The van der Waals surface area contributed by atoms with Crippen LogP contribution in [0.25, 0.3) is 0 Å². The Balaban J connectivity index is 1.76. The molecule has 3 nitrogen and oxygen atoms in total. The first-order valence-corrected chi connectivity index (χ1v) is 6.00. The highest BCUT2D eigenvalue weighted by atomic mass is 16.1. The van der Waals surface area contributed by atoms with Gasteiger partial charge in [0.05, 0.1) is 0 Å². The molecule has 2 fully saturated rings. The Labute approximate surface area is 91.7 Å². The predicted molar refractivity (Wildman–Crippen MR) is 60.6 cm³/mol. The van der Waals surface area contributed by atoms with E-state index in [-0.39, 0.29) is 0 Å². The molecule has 2 rings (SSSR count). The number of hydrogen-bond acceptors (Lipinski definition) is 3. The molecule has 0 amide bonds. The van der Waals surface area contributed by atoms with Gasteiger partial charge < -0.3 is 4.90 Å². The van der Waals surface area contributed by atoms with E-state index in [1.54, 1.807) is 6.08 Å². The molecular weight excluding hydrogens is 188 g/mol. The average molecular weight is 208 g/mol. The van der Waals surface area contributed by atoms with Gasteiger partial charge in [-0.1, -0.05) is 12.8 Å². The quantitative estimate of drug-likeness (QED) is 0.515. The van der Waals surface area contributed by atoms with Crippen LogP contribution in [0.15, 0.2) is 12.3 Å². The summed E-state index contributed by atoms with van der Waals surface area (Å²) in [6.07, 6.45) is 9.97. The Hall–Kier alpha value is -0.830. The van der Waals surface area contributed by atoms with E-state index in [2.05, 4.69) is 9.80 Å². The summed E-state index contributed by atoms with van der Waals surface area (Å²) in [6.45, 7) is 4.46. The third-order valence-electron chi connectivity index (χ3n) is 3.57. The summed E-state index contributed by atoms with van der Waals surface area (Å²) >= 11 is 0. The number of hydrogen-bond donors (Lipinski definition) is 0. The maximum atomic E-state index is 10.2. The topological polar surface area (TPSA) is 23.6 Å². The van der Waals surface area contributed by atoms with Crippen LogP contribution in [0.5, 0.6) is 0 Å². The lowest BCUT2D eigenvalue weighted by Crippen LogP contribution is -2.47. The van der Waals surface area contributed by atoms with Gasteiger partial charge in [0.15, 0.2) is 0 Å². The first kappa shape index (κ1) is 10.7. The van der Waals surface area contributed by atoms with E-state index in [1.165, 1.54) is 25.7 Å². The fraction of sp³-hybridized carbons (Fsp3) is 0.750. The second-order valence-corrected chi connectivity index (χ2v) is 4.49. The molecule has 0 N–H and O–H groups in total. The Morgan fingerprint density at radius 2 is 1.67 bits per heavy atom. The minimum Gasteiger partial charge on any atom is -0.375 e. The first-order chi connectivity index (χ1) is 7.40. The van der Waals surface area contributed by atoms with Gasteiger partial charge in [0.1, 0.15) is 6.29 Å². The van der Waals surface area contributed by atoms with Gasteiger partial charge in [0.2, 0.25) is 0 Å². The van der Waals surface area contributed by atoms with E-state index in [1.807, 2.05) is 6.20 Å². The Bertz CT molecular complexity index is 226. The van der Waals surface area contributed by atoms with Crippen molar-refractivity contribution >= 4 is 6.29 Å². The van der Waals surface area contributed by atoms with Crippen LogP contribution in [0.2, 0.25) is 0 Å². The van der Waals surface area contributed by atoms with Crippen molar-refractivity contribution in [1.82, 2.24) is 9.80 Å². The van der Waals surface area contributed by atoms with Crippen LogP contribution in [0.3, 0.4) is 0 Å². The van der Waals surface area contributed by atoms with E-state index in [4.69, 9.17) is 0 Å². The monoisotopic (exact) mass is 208 g/mol. The van der Waals surface area contributed by atoms with Crippen molar-refractivity contribution in [1.29, 1.82) is 0 Å². The summed E-state index contributed by atoms with van der Waals surface area (Å²) in [5.74, 6) is 0. The fourth-order valence-electron chi connectivity index (χ4n) is 2.68. The van der Waals surface area contributed by atoms with Crippen LogP contribution in [-0.2, 0) is 4.79 Å². The highest BCUT2D eigenvalue weighted by Gasteiger charge is 2.24. The van der Waals surface area contributed by atoms with Gasteiger partial charge in [-0.25, -0.2) is 0 Å². The van der Waals surface area contributed by atoms with Crippen molar-refractivity contribution in [2.45, 2.75) is 31.7 Å². The smallest absolute Gasteiger partial charge is 0.144 e. The molecule has 0 aromatic carbocycles. The van der Waals surface area contributed by atoms with Crippen LogP contribution in [-0.4, -0.2) is 48.3 Å². The van der Waals surface area contributed by atoms with Crippen LogP contribution in [0.4, 0.5) is 0 Å². The lowest BCUT2D eigenvalue weighted by molar-refractivity contribution is -0.104. The number of piperazine rings is 1. The number of carbonyl (C=O) groups is 1. The molecular formula is C12H20N2O. The van der Waals surface area contributed by atoms with Gasteiger partial charge >= 0.3 is 0 Å². The van der Waals surface area contributed by atoms with Crippen LogP contribution < -0.4 is 0 Å². The molecule has 15 heavy (non-hydrogen) atoms. The molecule has 0 bridgehead atoms. The van der Waals surface area contributed by atoms with E-state index in [9.17, 15) is 4.79 Å². The molecule has 1 heterocycles. The third-order valence-corrected chi connectivity index (χ3v) is 3.57. The molecule has 0 aromatic heterocycles. The average Bonchev–Trinajstić information content (AvgIpc) is 2.80. The SMILES string of the molecule is O=CC=CN1CCN(C2CCCC2)CC1. The van der Waals surface area contributed by atoms with E-state index < -0.39 is 0 Å². The van der Waals surface area contributed by atoms with Gasteiger partial charge in [-0.2, -0.15) is 0 Å². The van der Waals surface area contributed by atoms with E-state index in [0.717, 1.165) is 38.5 Å². The Kier molecular flexibility index (Phi) is 3.78. The van der Waals surface area contributed by atoms with Crippen molar-refractivity contribution in [3.05, 3.63) is 12.3 Å². The molecule has 0 aromatic rings. The summed E-state index contributed by atoms with van der Waals surface area (Å²) in [5, 5.41) is 0. The van der Waals surface area contributed by atoms with Crippen molar-refractivity contribution in [2.75, 3.05) is 26.2 Å². The Morgan fingerprint density at radius 3 is 2.27 bits per heavy atom. The summed E-state index contributed by atoms with van der Waals surface area (Å²) < 4.78 is 0. The molecule has 1 saturated heterocycles. The van der Waals surface area contributed by atoms with Gasteiger partial charge in [-0.3, -0.25) is 9.69 Å². The number of nitrogens with zero attached hydrogens (tertiary/aromatic N) is 2. The maximum Gasteiger partial charge on any atom is 0.144 e. The standard InChI is InChI=1S/C12H20N2O/c15-11-3-6-13-7-9-14(10-8-13)12-4-1-2-5-12/h3,6,11-12H,1-2,4-5,7-10H2. The summed E-state index contributed by atoms with van der Waals surface area (Å²) in [5.41, 5.74) is 0. The van der Waals surface area contributed by atoms with Crippen LogP contribution in [0.1, 0.15) is 25.7 Å². The minimum absolute atomic E-state index is 0.849. The van der Waals surface area contributed by atoms with Crippen molar-refractivity contribution in [3.8, 4) is 0 Å². The number of allylic oxidation sites excluding steroid dienone is 1. The predicted octanol–water partition coefficient (Wildman–Crippen LogP) is 1.26. The molecule has 3 heteroatoms. The summed E-state index contributed by atoms with van der Waals surface area (Å²) in [4.78, 5) is 15.1. The molecule has 1 saturated carbocycles. The number of rotatable bonds is 3. The zero-order chi connectivity index (χ0) is 10.5. The second kappa shape index (κ2) is 5.31. The largest absolute Gasteiger partial charge is 0.375 e. The molecule has 0 spiro atoms. The molecule has 2 aliphatic rings. The zero-order valence-electron chi connectivity index (χ0n) is 9.27. The lowest BCUT2D eigenvalue weighted by Gasteiger charge is -2.37. The molecule has 0 radical (unpaired) electrons. The van der Waals surface area contributed by atoms with Crippen molar-refractivity contribution in [3.63, 3.8) is 0 Å². The molecule has 0 atom stereocenters. The highest BCUT2D eigenvalue weighted by molar-refractivity contribution is 5.64. The second-order valence-electron chi connectivity index (χ2n) is 4.49. The first-order valence-electron chi connectivity index (χ1n) is 6.00. The maximum absolute atomic E-state index is 10.2. The van der Waals surface area contributed by atoms with Crippen LogP contribution >= 0.6 is 0 Å². The lowest BCUT2D eigenvalue weighted by atomic mass is 10.2. The summed E-state index contributed by atoms with van der Waals surface area (Å²) in [6, 6.07) is 0.849. The molecule has 84 valence electrons. The molecule has 0 unspecified atom stereocenters. The van der Waals surface area contributed by atoms with Gasteiger partial charge in [-0.15, -0.1) is 0 Å². The number of aldehydes is 1. The van der Waals surface area contributed by atoms with E-state index >= 15 is 0 Å². The highest BCUT2D eigenvalue weighted by Crippen LogP contribution is 2.24. The third kappa shape index (κ3) is 2.81. The Morgan fingerprint density at radius 1 is 1.00 bits per heavy atom. The minimum atomic E-state index is 0.849. The van der Waals surface area contributed by atoms with Crippen LogP contribution in [0, 0.1) is 0 Å².